The van der Waals surface area contributed by atoms with E-state index in [0.717, 1.165) is 25.7 Å². The van der Waals surface area contributed by atoms with Crippen molar-refractivity contribution in [3.8, 4) is 0 Å². The van der Waals surface area contributed by atoms with E-state index in [1.807, 2.05) is 13.8 Å². The summed E-state index contributed by atoms with van der Waals surface area (Å²) in [5.41, 5.74) is -1.19. The summed E-state index contributed by atoms with van der Waals surface area (Å²) >= 11 is 0. The first-order valence-corrected chi connectivity index (χ1v) is 18.3. The second-order valence-electron chi connectivity index (χ2n) is 13.9. The van der Waals surface area contributed by atoms with Crippen LogP contribution >= 0.6 is 0 Å². The van der Waals surface area contributed by atoms with Crippen LogP contribution in [0.3, 0.4) is 0 Å². The highest BCUT2D eigenvalue weighted by Crippen LogP contribution is 2.64. The van der Waals surface area contributed by atoms with Crippen molar-refractivity contribution in [1.82, 2.24) is 14.5 Å². The quantitative estimate of drug-likeness (QED) is 0.248. The first-order valence-electron chi connectivity index (χ1n) is 16.7. The Hall–Kier alpha value is -1.48. The van der Waals surface area contributed by atoms with Crippen LogP contribution in [0.15, 0.2) is 0 Å². The number of Topliss-reactive ketones (excluding diaryl/α,β-unsaturated/α-hetero) is 1. The van der Waals surface area contributed by atoms with Gasteiger partial charge in [-0.1, -0.05) is 78.6 Å². The van der Waals surface area contributed by atoms with Crippen molar-refractivity contribution in [3.63, 3.8) is 0 Å². The number of amides is 2. The molecule has 0 radical (unpaired) electrons. The van der Waals surface area contributed by atoms with Crippen LogP contribution in [0.4, 0.5) is 0 Å². The molecule has 8 nitrogen and oxygen atoms in total. The summed E-state index contributed by atoms with van der Waals surface area (Å²) in [6.45, 7) is 7.72. The molecule has 2 unspecified atom stereocenters. The summed E-state index contributed by atoms with van der Waals surface area (Å²) < 4.78 is 29.0. The highest BCUT2D eigenvalue weighted by molar-refractivity contribution is 7.89. The van der Waals surface area contributed by atoms with Crippen molar-refractivity contribution in [2.24, 2.45) is 16.7 Å². The fourth-order valence-corrected chi connectivity index (χ4v) is 10.7. The van der Waals surface area contributed by atoms with Crippen molar-refractivity contribution >= 4 is 27.6 Å². The number of ketones is 1. The number of nitrogens with one attached hydrogen (secondary N) is 1. The molecular weight excluding hydrogens is 538 g/mol. The molecule has 0 aromatic heterocycles. The van der Waals surface area contributed by atoms with Gasteiger partial charge in [0.2, 0.25) is 21.8 Å². The van der Waals surface area contributed by atoms with Crippen LogP contribution in [0, 0.1) is 16.7 Å². The van der Waals surface area contributed by atoms with Gasteiger partial charge in [-0.2, -0.15) is 4.31 Å². The zero-order valence-electron chi connectivity index (χ0n) is 25.9. The molecule has 2 aliphatic carbocycles. The van der Waals surface area contributed by atoms with E-state index in [1.165, 1.54) is 55.7 Å². The van der Waals surface area contributed by atoms with Crippen LogP contribution in [0.25, 0.3) is 0 Å². The van der Waals surface area contributed by atoms with Crippen LogP contribution < -0.4 is 5.32 Å². The van der Waals surface area contributed by atoms with Crippen molar-refractivity contribution < 1.29 is 22.8 Å². The number of hydrogen-bond acceptors (Lipinski definition) is 5. The standard InChI is InChI=1S/C32H55N3O5S/c1-4-5-6-7-8-9-10-11-12-13-20-33-29(37)26-16-14-21-34(26)30(38)27-17-15-22-35(27)41(39,40)24-32-19-18-25(23-28(32)36)31(32,2)3/h25-27H,4-24H2,1-3H3,(H,33,37)/t25?,26-,27-,32?/m0/s1. The third-order valence-corrected chi connectivity index (χ3v) is 13.1. The van der Waals surface area contributed by atoms with Gasteiger partial charge in [-0.05, 0) is 56.3 Å². The maximum atomic E-state index is 13.8. The number of likely N-dealkylation sites (tertiary alicyclic amines) is 1. The number of sulfonamides is 1. The van der Waals surface area contributed by atoms with Crippen LogP contribution in [-0.4, -0.2) is 72.7 Å². The molecule has 1 N–H and O–H groups in total. The Morgan fingerprint density at radius 2 is 1.49 bits per heavy atom. The van der Waals surface area contributed by atoms with E-state index in [2.05, 4.69) is 12.2 Å². The Morgan fingerprint density at radius 1 is 0.878 bits per heavy atom. The highest BCUT2D eigenvalue weighted by atomic mass is 32.2. The lowest BCUT2D eigenvalue weighted by Gasteiger charge is -2.38. The molecule has 2 aliphatic heterocycles. The topological polar surface area (TPSA) is 104 Å². The maximum Gasteiger partial charge on any atom is 0.242 e. The average molecular weight is 594 g/mol. The fourth-order valence-electron chi connectivity index (χ4n) is 8.26. The van der Waals surface area contributed by atoms with Gasteiger partial charge in [-0.3, -0.25) is 14.4 Å². The van der Waals surface area contributed by atoms with Gasteiger partial charge in [-0.15, -0.1) is 0 Å². The lowest BCUT2D eigenvalue weighted by molar-refractivity contribution is -0.140. The van der Waals surface area contributed by atoms with E-state index in [-0.39, 0.29) is 34.7 Å². The largest absolute Gasteiger partial charge is 0.354 e. The Bertz CT molecular complexity index is 1040. The van der Waals surface area contributed by atoms with E-state index in [9.17, 15) is 22.8 Å². The summed E-state index contributed by atoms with van der Waals surface area (Å²) in [5, 5.41) is 3.04. The Morgan fingerprint density at radius 3 is 2.10 bits per heavy atom. The molecule has 0 spiro atoms. The predicted molar refractivity (Wildman–Crippen MR) is 162 cm³/mol. The molecule has 2 saturated heterocycles. The second kappa shape index (κ2) is 13.9. The van der Waals surface area contributed by atoms with Gasteiger partial charge in [0.25, 0.3) is 0 Å². The summed E-state index contributed by atoms with van der Waals surface area (Å²) in [5.74, 6) is -0.252. The van der Waals surface area contributed by atoms with Crippen LogP contribution in [0.1, 0.15) is 130 Å². The van der Waals surface area contributed by atoms with Crippen molar-refractivity contribution in [1.29, 1.82) is 0 Å². The highest BCUT2D eigenvalue weighted by Gasteiger charge is 2.66. The minimum atomic E-state index is -3.82. The zero-order valence-corrected chi connectivity index (χ0v) is 26.7. The monoisotopic (exact) mass is 593 g/mol. The summed E-state index contributed by atoms with van der Waals surface area (Å²) in [4.78, 5) is 41.5. The number of rotatable bonds is 16. The maximum absolute atomic E-state index is 13.8. The van der Waals surface area contributed by atoms with Crippen molar-refractivity contribution in [3.05, 3.63) is 0 Å². The first kappa shape index (κ1) is 32.4. The van der Waals surface area contributed by atoms with Gasteiger partial charge in [0.15, 0.2) is 0 Å². The molecule has 2 saturated carbocycles. The van der Waals surface area contributed by atoms with E-state index < -0.39 is 27.5 Å². The normalized spacial score (nSPS) is 29.5. The van der Waals surface area contributed by atoms with Gasteiger partial charge >= 0.3 is 0 Å². The molecular formula is C32H55N3O5S. The molecule has 2 amide bonds. The van der Waals surface area contributed by atoms with Crippen molar-refractivity contribution in [2.45, 2.75) is 142 Å². The molecule has 9 heteroatoms. The summed E-state index contributed by atoms with van der Waals surface area (Å²) in [6.07, 6.45) is 16.8. The molecule has 4 aliphatic rings. The third-order valence-electron chi connectivity index (χ3n) is 11.1. The van der Waals surface area contributed by atoms with Crippen LogP contribution in [-0.2, 0) is 24.4 Å². The molecule has 2 bridgehead atoms. The van der Waals surface area contributed by atoms with E-state index in [4.69, 9.17) is 0 Å². The minimum Gasteiger partial charge on any atom is -0.354 e. The van der Waals surface area contributed by atoms with Gasteiger partial charge in [0.05, 0.1) is 5.75 Å². The molecule has 234 valence electrons. The Labute approximate surface area is 248 Å². The van der Waals surface area contributed by atoms with E-state index >= 15 is 0 Å². The van der Waals surface area contributed by atoms with Crippen LogP contribution in [0.5, 0.6) is 0 Å². The number of hydrogen-bond donors (Lipinski definition) is 1. The molecule has 4 fully saturated rings. The Kier molecular flexibility index (Phi) is 11.0. The second-order valence-corrected chi connectivity index (χ2v) is 15.8. The zero-order chi connectivity index (χ0) is 29.7. The molecule has 41 heavy (non-hydrogen) atoms. The third kappa shape index (κ3) is 6.86. The van der Waals surface area contributed by atoms with Crippen LogP contribution in [0.2, 0.25) is 0 Å². The predicted octanol–water partition coefficient (Wildman–Crippen LogP) is 5.20. The first-order chi connectivity index (χ1) is 19.5. The van der Waals surface area contributed by atoms with Gasteiger partial charge < -0.3 is 10.2 Å². The number of carbonyl (C=O) groups excluding carboxylic acids is 3. The SMILES string of the molecule is CCCCCCCCCCCCNC(=O)[C@@H]1CCCN1C(=O)[C@@H]1CCCN1S(=O)(=O)CC12CCC(CC1=O)C2(C)C. The average Bonchev–Trinajstić information content (AvgIpc) is 3.70. The smallest absolute Gasteiger partial charge is 0.242 e. The molecule has 0 aromatic rings. The summed E-state index contributed by atoms with van der Waals surface area (Å²) in [6, 6.07) is -1.30. The minimum absolute atomic E-state index is 0.0723. The number of nitrogens with zero attached hydrogens (tertiary/aromatic N) is 2. The molecule has 4 rings (SSSR count). The lowest BCUT2D eigenvalue weighted by atomic mass is 9.70. The van der Waals surface area contributed by atoms with Gasteiger partial charge in [-0.25, -0.2) is 8.42 Å². The lowest BCUT2D eigenvalue weighted by Crippen LogP contribution is -2.54. The van der Waals surface area contributed by atoms with E-state index in [1.54, 1.807) is 4.90 Å². The summed E-state index contributed by atoms with van der Waals surface area (Å²) in [7, 11) is -3.82. The number of carbonyl (C=O) groups is 3. The van der Waals surface area contributed by atoms with Crippen molar-refractivity contribution in [2.75, 3.05) is 25.4 Å². The Balaban J connectivity index is 1.25. The van der Waals surface area contributed by atoms with Gasteiger partial charge in [0.1, 0.15) is 17.9 Å². The number of fused-ring (bicyclic) bond motifs is 2. The van der Waals surface area contributed by atoms with E-state index in [0.29, 0.717) is 51.7 Å². The fraction of sp³-hybridized carbons (Fsp3) is 0.906. The molecule has 2 heterocycles. The molecule has 0 aromatic carbocycles. The molecule has 4 atom stereocenters. The number of unbranched alkanes of at least 4 members (excludes halogenated alkanes) is 9. The van der Waals surface area contributed by atoms with Gasteiger partial charge in [0, 0.05) is 31.5 Å².